The molecule has 0 aliphatic carbocycles. The zero-order valence-corrected chi connectivity index (χ0v) is 28.4. The fourth-order valence-corrected chi connectivity index (χ4v) is 5.98. The van der Waals surface area contributed by atoms with E-state index in [1.165, 1.54) is 102 Å². The number of hydrogen-bond donors (Lipinski definition) is 2. The van der Waals surface area contributed by atoms with Gasteiger partial charge in [0.05, 0.1) is 6.61 Å². The van der Waals surface area contributed by atoms with E-state index >= 15 is 0 Å². The number of hydrogen-bond acceptors (Lipinski definition) is 5. The van der Waals surface area contributed by atoms with Crippen molar-refractivity contribution in [3.05, 3.63) is 0 Å². The van der Waals surface area contributed by atoms with Crippen molar-refractivity contribution in [2.24, 2.45) is 0 Å². The summed E-state index contributed by atoms with van der Waals surface area (Å²) in [4.78, 5) is 45.8. The van der Waals surface area contributed by atoms with Crippen molar-refractivity contribution in [1.82, 2.24) is 25.5 Å². The van der Waals surface area contributed by atoms with Crippen LogP contribution in [0, 0.1) is 0 Å². The zero-order chi connectivity index (χ0) is 31.5. The van der Waals surface area contributed by atoms with E-state index in [0.717, 1.165) is 38.6 Å². The van der Waals surface area contributed by atoms with E-state index in [0.29, 0.717) is 39.1 Å². The maximum Gasteiger partial charge on any atom is 0.317 e. The molecule has 2 N–H and O–H groups in total. The molecule has 1 fully saturated rings. The molecule has 43 heavy (non-hydrogen) atoms. The van der Waals surface area contributed by atoms with Crippen molar-refractivity contribution in [3.8, 4) is 0 Å². The largest absolute Gasteiger partial charge is 0.353 e. The van der Waals surface area contributed by atoms with Crippen LogP contribution in [0.3, 0.4) is 0 Å². The second-order valence-corrected chi connectivity index (χ2v) is 12.8. The standard InChI is InChI=1S/C34H67N5O4/c1-5-6-7-8-9-10-11-12-13-14-15-16-17-18-19-20-24-35-34(42)39-27-22-32(36-31(2)41)29-33(39)23-28-43-38(30-40)26-21-25-37(3)4/h30,32-33H,5-29H2,1-4H3,(H,35,42)(H,36,41). The Bertz CT molecular complexity index is 708. The number of unbranched alkanes of at least 4 members (excludes halogenated alkanes) is 15. The third kappa shape index (κ3) is 21.5. The molecule has 2 atom stereocenters. The van der Waals surface area contributed by atoms with E-state index in [9.17, 15) is 14.4 Å². The maximum absolute atomic E-state index is 13.1. The van der Waals surface area contributed by atoms with E-state index in [4.69, 9.17) is 4.84 Å². The second kappa shape index (κ2) is 26.5. The van der Waals surface area contributed by atoms with Crippen LogP contribution in [-0.2, 0) is 14.4 Å². The summed E-state index contributed by atoms with van der Waals surface area (Å²) >= 11 is 0. The van der Waals surface area contributed by atoms with Crippen molar-refractivity contribution in [2.75, 3.05) is 46.9 Å². The van der Waals surface area contributed by atoms with Crippen LogP contribution in [0.25, 0.3) is 0 Å². The summed E-state index contributed by atoms with van der Waals surface area (Å²) in [5.41, 5.74) is 0. The third-order valence-electron chi connectivity index (χ3n) is 8.50. The predicted molar refractivity (Wildman–Crippen MR) is 177 cm³/mol. The van der Waals surface area contributed by atoms with Crippen molar-refractivity contribution >= 4 is 18.3 Å². The highest BCUT2D eigenvalue weighted by molar-refractivity contribution is 5.75. The highest BCUT2D eigenvalue weighted by atomic mass is 16.7. The van der Waals surface area contributed by atoms with E-state index in [2.05, 4.69) is 22.5 Å². The lowest BCUT2D eigenvalue weighted by Crippen LogP contribution is -2.54. The molecule has 0 radical (unpaired) electrons. The quantitative estimate of drug-likeness (QED) is 0.0617. The lowest BCUT2D eigenvalue weighted by Gasteiger charge is -2.39. The smallest absolute Gasteiger partial charge is 0.317 e. The molecule has 0 aromatic heterocycles. The van der Waals surface area contributed by atoms with Gasteiger partial charge in [0, 0.05) is 38.6 Å². The Morgan fingerprint density at radius 2 is 1.40 bits per heavy atom. The molecule has 0 aromatic carbocycles. The number of hydroxylamine groups is 2. The predicted octanol–water partition coefficient (Wildman–Crippen LogP) is 6.66. The molecule has 9 nitrogen and oxygen atoms in total. The molecule has 0 saturated carbocycles. The molecule has 2 unspecified atom stereocenters. The van der Waals surface area contributed by atoms with Gasteiger partial charge >= 0.3 is 6.03 Å². The maximum atomic E-state index is 13.1. The zero-order valence-electron chi connectivity index (χ0n) is 28.4. The lowest BCUT2D eigenvalue weighted by atomic mass is 9.95. The van der Waals surface area contributed by atoms with Gasteiger partial charge in [-0.25, -0.2) is 9.86 Å². The van der Waals surface area contributed by atoms with Gasteiger partial charge in [0.15, 0.2) is 0 Å². The van der Waals surface area contributed by atoms with Gasteiger partial charge < -0.3 is 20.4 Å². The molecule has 4 amide bonds. The minimum absolute atomic E-state index is 0.0366. The number of piperidine rings is 1. The fraction of sp³-hybridized carbons (Fsp3) is 0.912. The van der Waals surface area contributed by atoms with Crippen molar-refractivity contribution in [3.63, 3.8) is 0 Å². The topological polar surface area (TPSA) is 94.2 Å². The number of nitrogens with one attached hydrogen (secondary N) is 2. The van der Waals surface area contributed by atoms with Crippen molar-refractivity contribution < 1.29 is 19.2 Å². The summed E-state index contributed by atoms with van der Waals surface area (Å²) in [6.07, 6.45) is 24.9. The first-order valence-electron chi connectivity index (χ1n) is 17.7. The fourth-order valence-electron chi connectivity index (χ4n) is 5.98. The van der Waals surface area contributed by atoms with E-state index in [1.54, 1.807) is 0 Å². The van der Waals surface area contributed by atoms with E-state index in [-0.39, 0.29) is 24.0 Å². The van der Waals surface area contributed by atoms with Gasteiger partial charge in [-0.3, -0.25) is 14.4 Å². The van der Waals surface area contributed by atoms with Crippen LogP contribution >= 0.6 is 0 Å². The second-order valence-electron chi connectivity index (χ2n) is 12.8. The van der Waals surface area contributed by atoms with Gasteiger partial charge in [-0.15, -0.1) is 0 Å². The SMILES string of the molecule is CCCCCCCCCCCCCCCCCCNC(=O)N1CCC(NC(C)=O)CC1CCON(C=O)CCCN(C)C. The molecule has 0 aromatic rings. The summed E-state index contributed by atoms with van der Waals surface area (Å²) in [7, 11) is 4.00. The Morgan fingerprint density at radius 1 is 0.837 bits per heavy atom. The van der Waals surface area contributed by atoms with Crippen molar-refractivity contribution in [2.45, 2.75) is 154 Å². The molecule has 1 saturated heterocycles. The summed E-state index contributed by atoms with van der Waals surface area (Å²) in [5, 5.41) is 7.48. The summed E-state index contributed by atoms with van der Waals surface area (Å²) in [6.45, 7) is 6.86. The normalized spacial score (nSPS) is 16.8. The Labute approximate surface area is 264 Å². The minimum atomic E-state index is -0.0494. The molecule has 9 heteroatoms. The molecule has 1 aliphatic heterocycles. The van der Waals surface area contributed by atoms with Crippen LogP contribution in [0.4, 0.5) is 4.79 Å². The monoisotopic (exact) mass is 610 g/mol. The Hall–Kier alpha value is -1.87. The number of carbonyl (C=O) groups excluding carboxylic acids is 3. The number of carbonyl (C=O) groups is 3. The third-order valence-corrected chi connectivity index (χ3v) is 8.50. The van der Waals surface area contributed by atoms with Crippen LogP contribution in [0.5, 0.6) is 0 Å². The number of nitrogens with zero attached hydrogens (tertiary/aromatic N) is 3. The van der Waals surface area contributed by atoms with Gasteiger partial charge in [-0.2, -0.15) is 0 Å². The average molecular weight is 610 g/mol. The van der Waals surface area contributed by atoms with Gasteiger partial charge in [-0.05, 0) is 52.7 Å². The number of likely N-dealkylation sites (tertiary alicyclic amines) is 1. The number of amides is 4. The van der Waals surface area contributed by atoms with Gasteiger partial charge in [0.25, 0.3) is 0 Å². The first-order valence-corrected chi connectivity index (χ1v) is 17.7. The molecular weight excluding hydrogens is 542 g/mol. The van der Waals surface area contributed by atoms with E-state index < -0.39 is 0 Å². The molecule has 1 rings (SSSR count). The lowest BCUT2D eigenvalue weighted by molar-refractivity contribution is -0.174. The summed E-state index contributed by atoms with van der Waals surface area (Å²) in [5.74, 6) is -0.0468. The number of rotatable bonds is 27. The Kier molecular flexibility index (Phi) is 24.2. The first kappa shape index (κ1) is 39.2. The summed E-state index contributed by atoms with van der Waals surface area (Å²) in [6, 6.07) is -0.0359. The highest BCUT2D eigenvalue weighted by Gasteiger charge is 2.32. The van der Waals surface area contributed by atoms with Crippen LogP contribution in [0.1, 0.15) is 142 Å². The van der Waals surface area contributed by atoms with Crippen LogP contribution in [-0.4, -0.2) is 92.2 Å². The summed E-state index contributed by atoms with van der Waals surface area (Å²) < 4.78 is 0. The molecule has 0 spiro atoms. The molecule has 1 aliphatic rings. The average Bonchev–Trinajstić information content (AvgIpc) is 2.97. The van der Waals surface area contributed by atoms with Gasteiger partial charge in [0.2, 0.25) is 12.3 Å². The molecule has 1 heterocycles. The minimum Gasteiger partial charge on any atom is -0.353 e. The van der Waals surface area contributed by atoms with Crippen LogP contribution < -0.4 is 10.6 Å². The van der Waals surface area contributed by atoms with Gasteiger partial charge in [0.1, 0.15) is 0 Å². The Balaban J connectivity index is 2.21. The van der Waals surface area contributed by atoms with Crippen LogP contribution in [0.15, 0.2) is 0 Å². The molecule has 252 valence electrons. The first-order chi connectivity index (χ1) is 20.9. The molecular formula is C34H67N5O4. The van der Waals surface area contributed by atoms with Gasteiger partial charge in [-0.1, -0.05) is 103 Å². The van der Waals surface area contributed by atoms with Crippen molar-refractivity contribution in [1.29, 1.82) is 0 Å². The van der Waals surface area contributed by atoms with E-state index in [1.807, 2.05) is 19.0 Å². The Morgan fingerprint density at radius 3 is 1.91 bits per heavy atom. The highest BCUT2D eigenvalue weighted by Crippen LogP contribution is 2.21. The number of urea groups is 1. The van der Waals surface area contributed by atoms with Crippen LogP contribution in [0.2, 0.25) is 0 Å². The molecule has 0 bridgehead atoms.